The van der Waals surface area contributed by atoms with Gasteiger partial charge < -0.3 is 20.9 Å². The second-order valence-electron chi connectivity index (χ2n) is 4.62. The molecule has 4 N–H and O–H groups in total. The summed E-state index contributed by atoms with van der Waals surface area (Å²) in [5, 5.41) is 8.47. The minimum absolute atomic E-state index is 0.447. The topological polar surface area (TPSA) is 95.2 Å². The Balaban J connectivity index is 2.32. The standard InChI is InChI=1S/C16H20N4O2/c1-21-15-7-11(9-17)3-5-13(15)19-20-14-6-4-12(10-18)8-16(14)22-2/h3-8H,9-10,17-18H2,1-2H3. The molecule has 0 heterocycles. The summed E-state index contributed by atoms with van der Waals surface area (Å²) in [7, 11) is 3.18. The van der Waals surface area contributed by atoms with Crippen LogP contribution in [0.4, 0.5) is 11.4 Å². The molecule has 2 rings (SSSR count). The average molecular weight is 300 g/mol. The van der Waals surface area contributed by atoms with Crippen molar-refractivity contribution in [2.45, 2.75) is 13.1 Å². The van der Waals surface area contributed by atoms with Crippen LogP contribution in [0.3, 0.4) is 0 Å². The zero-order valence-electron chi connectivity index (χ0n) is 12.7. The quantitative estimate of drug-likeness (QED) is 0.801. The molecule has 0 saturated carbocycles. The number of hydrogen-bond donors (Lipinski definition) is 2. The lowest BCUT2D eigenvalue weighted by molar-refractivity contribution is 0.414. The second-order valence-corrected chi connectivity index (χ2v) is 4.62. The Bertz CT molecular complexity index is 614. The molecule has 22 heavy (non-hydrogen) atoms. The van der Waals surface area contributed by atoms with E-state index in [1.807, 2.05) is 36.4 Å². The van der Waals surface area contributed by atoms with Crippen molar-refractivity contribution in [1.82, 2.24) is 0 Å². The summed E-state index contributed by atoms with van der Waals surface area (Å²) >= 11 is 0. The van der Waals surface area contributed by atoms with Gasteiger partial charge in [0.2, 0.25) is 0 Å². The highest BCUT2D eigenvalue weighted by atomic mass is 16.5. The van der Waals surface area contributed by atoms with Crippen LogP contribution in [0.5, 0.6) is 11.5 Å². The average Bonchev–Trinajstić information content (AvgIpc) is 2.59. The number of azo groups is 1. The molecule has 0 aliphatic heterocycles. The van der Waals surface area contributed by atoms with Crippen molar-refractivity contribution in [2.75, 3.05) is 14.2 Å². The molecular formula is C16H20N4O2. The zero-order valence-corrected chi connectivity index (χ0v) is 12.7. The van der Waals surface area contributed by atoms with Crippen LogP contribution in [0, 0.1) is 0 Å². The van der Waals surface area contributed by atoms with Crippen LogP contribution in [0.15, 0.2) is 46.6 Å². The van der Waals surface area contributed by atoms with E-state index < -0.39 is 0 Å². The highest BCUT2D eigenvalue weighted by molar-refractivity contribution is 5.56. The van der Waals surface area contributed by atoms with Crippen LogP contribution in [0.1, 0.15) is 11.1 Å². The summed E-state index contributed by atoms with van der Waals surface area (Å²) in [6.07, 6.45) is 0. The SMILES string of the molecule is COc1cc(CN)ccc1N=Nc1ccc(CN)cc1OC. The predicted octanol–water partition coefficient (Wildman–Crippen LogP) is 3.04. The van der Waals surface area contributed by atoms with Crippen LogP contribution < -0.4 is 20.9 Å². The molecule has 0 bridgehead atoms. The van der Waals surface area contributed by atoms with Crippen LogP contribution >= 0.6 is 0 Å². The maximum absolute atomic E-state index is 5.62. The molecule has 0 saturated heterocycles. The van der Waals surface area contributed by atoms with E-state index in [0.29, 0.717) is 36.0 Å². The van der Waals surface area contributed by atoms with Gasteiger partial charge in [-0.25, -0.2) is 0 Å². The number of nitrogens with two attached hydrogens (primary N) is 2. The first-order valence-electron chi connectivity index (χ1n) is 6.87. The molecule has 2 aromatic carbocycles. The molecular weight excluding hydrogens is 280 g/mol. The van der Waals surface area contributed by atoms with E-state index in [2.05, 4.69) is 10.2 Å². The second kappa shape index (κ2) is 7.53. The van der Waals surface area contributed by atoms with Crippen molar-refractivity contribution >= 4 is 11.4 Å². The van der Waals surface area contributed by atoms with Gasteiger partial charge in [0.05, 0.1) is 14.2 Å². The Kier molecular flexibility index (Phi) is 5.46. The predicted molar refractivity (Wildman–Crippen MR) is 85.9 cm³/mol. The van der Waals surface area contributed by atoms with Gasteiger partial charge in [0.25, 0.3) is 0 Å². The first-order chi connectivity index (χ1) is 10.7. The van der Waals surface area contributed by atoms with Crippen molar-refractivity contribution in [3.05, 3.63) is 47.5 Å². The number of rotatable bonds is 6. The van der Waals surface area contributed by atoms with Crippen LogP contribution in [0.25, 0.3) is 0 Å². The largest absolute Gasteiger partial charge is 0.494 e. The molecule has 116 valence electrons. The fraction of sp³-hybridized carbons (Fsp3) is 0.250. The smallest absolute Gasteiger partial charge is 0.146 e. The molecule has 0 aliphatic rings. The number of methoxy groups -OCH3 is 2. The molecule has 0 atom stereocenters. The summed E-state index contributed by atoms with van der Waals surface area (Å²) in [6, 6.07) is 11.1. The lowest BCUT2D eigenvalue weighted by atomic mass is 10.2. The Labute approximate surface area is 129 Å². The third-order valence-corrected chi connectivity index (χ3v) is 3.23. The molecule has 0 unspecified atom stereocenters. The Hall–Kier alpha value is -2.44. The minimum atomic E-state index is 0.447. The van der Waals surface area contributed by atoms with Crippen LogP contribution in [0.2, 0.25) is 0 Å². The third kappa shape index (κ3) is 3.60. The highest BCUT2D eigenvalue weighted by Crippen LogP contribution is 2.33. The monoisotopic (exact) mass is 300 g/mol. The molecule has 6 heteroatoms. The first-order valence-corrected chi connectivity index (χ1v) is 6.87. The van der Waals surface area contributed by atoms with E-state index >= 15 is 0 Å². The van der Waals surface area contributed by atoms with E-state index in [1.54, 1.807) is 14.2 Å². The van der Waals surface area contributed by atoms with E-state index in [0.717, 1.165) is 11.1 Å². The van der Waals surface area contributed by atoms with Gasteiger partial charge >= 0.3 is 0 Å². The molecule has 0 spiro atoms. The van der Waals surface area contributed by atoms with Crippen LogP contribution in [-0.4, -0.2) is 14.2 Å². The Morgan fingerprint density at radius 1 is 0.773 bits per heavy atom. The van der Waals surface area contributed by atoms with Gasteiger partial charge in [-0.15, -0.1) is 10.2 Å². The molecule has 0 aliphatic carbocycles. The minimum Gasteiger partial charge on any atom is -0.494 e. The first kappa shape index (κ1) is 15.9. The van der Waals surface area contributed by atoms with Gasteiger partial charge in [-0.2, -0.15) is 0 Å². The number of ether oxygens (including phenoxy) is 2. The molecule has 0 fully saturated rings. The van der Waals surface area contributed by atoms with Gasteiger partial charge in [0.15, 0.2) is 0 Å². The van der Waals surface area contributed by atoms with Gasteiger partial charge in [0, 0.05) is 13.1 Å². The van der Waals surface area contributed by atoms with E-state index in [1.165, 1.54) is 0 Å². The normalized spacial score (nSPS) is 10.9. The summed E-state index contributed by atoms with van der Waals surface area (Å²) in [4.78, 5) is 0. The maximum Gasteiger partial charge on any atom is 0.146 e. The molecule has 6 nitrogen and oxygen atoms in total. The number of nitrogens with zero attached hydrogens (tertiary/aromatic N) is 2. The fourth-order valence-electron chi connectivity index (χ4n) is 1.97. The van der Waals surface area contributed by atoms with E-state index in [-0.39, 0.29) is 0 Å². The molecule has 2 aromatic rings. The number of hydrogen-bond acceptors (Lipinski definition) is 6. The number of benzene rings is 2. The summed E-state index contributed by atoms with van der Waals surface area (Å²) < 4.78 is 10.6. The van der Waals surface area contributed by atoms with Crippen molar-refractivity contribution in [3.8, 4) is 11.5 Å². The highest BCUT2D eigenvalue weighted by Gasteiger charge is 2.06. The summed E-state index contributed by atoms with van der Waals surface area (Å²) in [5.41, 5.74) is 14.4. The molecule has 0 aromatic heterocycles. The van der Waals surface area contributed by atoms with Crippen molar-refractivity contribution < 1.29 is 9.47 Å². The maximum atomic E-state index is 5.62. The fourth-order valence-corrected chi connectivity index (χ4v) is 1.97. The van der Waals surface area contributed by atoms with Gasteiger partial charge in [-0.3, -0.25) is 0 Å². The van der Waals surface area contributed by atoms with E-state index in [4.69, 9.17) is 20.9 Å². The Morgan fingerprint density at radius 2 is 1.18 bits per heavy atom. The molecule has 0 radical (unpaired) electrons. The zero-order chi connectivity index (χ0) is 15.9. The van der Waals surface area contributed by atoms with Crippen LogP contribution in [-0.2, 0) is 13.1 Å². The molecule has 0 amide bonds. The van der Waals surface area contributed by atoms with E-state index in [9.17, 15) is 0 Å². The summed E-state index contributed by atoms with van der Waals surface area (Å²) in [5.74, 6) is 1.26. The van der Waals surface area contributed by atoms with Gasteiger partial charge in [-0.1, -0.05) is 12.1 Å². The summed E-state index contributed by atoms with van der Waals surface area (Å²) in [6.45, 7) is 0.893. The lowest BCUT2D eigenvalue weighted by Gasteiger charge is -2.07. The van der Waals surface area contributed by atoms with Crippen molar-refractivity contribution in [1.29, 1.82) is 0 Å². The van der Waals surface area contributed by atoms with Crippen molar-refractivity contribution in [2.24, 2.45) is 21.7 Å². The van der Waals surface area contributed by atoms with Crippen molar-refractivity contribution in [3.63, 3.8) is 0 Å². The van der Waals surface area contributed by atoms with Gasteiger partial charge in [-0.05, 0) is 35.4 Å². The Morgan fingerprint density at radius 3 is 1.50 bits per heavy atom. The van der Waals surface area contributed by atoms with Gasteiger partial charge in [0.1, 0.15) is 22.9 Å². The third-order valence-electron chi connectivity index (χ3n) is 3.23. The lowest BCUT2D eigenvalue weighted by Crippen LogP contribution is -1.96.